The summed E-state index contributed by atoms with van der Waals surface area (Å²) >= 11 is 0. The van der Waals surface area contributed by atoms with Gasteiger partial charge in [0.15, 0.2) is 0 Å². The van der Waals surface area contributed by atoms with Crippen LogP contribution in [0.4, 0.5) is 0 Å². The van der Waals surface area contributed by atoms with Gasteiger partial charge in [-0.15, -0.1) is 0 Å². The molecule has 4 heteroatoms. The van der Waals surface area contributed by atoms with Crippen LogP contribution in [-0.2, 0) is 18.9 Å². The third-order valence-corrected chi connectivity index (χ3v) is 7.32. The van der Waals surface area contributed by atoms with E-state index < -0.39 is 0 Å². The van der Waals surface area contributed by atoms with E-state index in [1.807, 2.05) is 14.2 Å². The van der Waals surface area contributed by atoms with Crippen LogP contribution in [0, 0.1) is 10.8 Å². The Morgan fingerprint density at radius 1 is 0.767 bits per heavy atom. The molecule has 0 aromatic heterocycles. The van der Waals surface area contributed by atoms with Gasteiger partial charge in [-0.3, -0.25) is 0 Å². The Hall–Kier alpha value is -1.72. The molecule has 4 rings (SSSR count). The van der Waals surface area contributed by atoms with E-state index in [-0.39, 0.29) is 23.0 Å². The molecule has 0 N–H and O–H groups in total. The van der Waals surface area contributed by atoms with Gasteiger partial charge in [-0.25, -0.2) is 0 Å². The molecule has 4 nitrogen and oxygen atoms in total. The summed E-state index contributed by atoms with van der Waals surface area (Å²) in [4.78, 5) is 0. The van der Waals surface area contributed by atoms with Crippen LogP contribution in [0.25, 0.3) is 11.1 Å². The number of hydrogen-bond donors (Lipinski definition) is 0. The molecule has 2 saturated heterocycles. The molecule has 2 fully saturated rings. The van der Waals surface area contributed by atoms with Gasteiger partial charge in [0.1, 0.15) is 0 Å². The maximum absolute atomic E-state index is 6.26. The van der Waals surface area contributed by atoms with Crippen molar-refractivity contribution in [2.75, 3.05) is 40.6 Å². The fourth-order valence-corrected chi connectivity index (χ4v) is 5.16. The van der Waals surface area contributed by atoms with Gasteiger partial charge in [0.05, 0.1) is 38.6 Å². The first-order valence-electron chi connectivity index (χ1n) is 11.0. The summed E-state index contributed by atoms with van der Waals surface area (Å²) in [5.41, 5.74) is 4.87. The van der Waals surface area contributed by atoms with Gasteiger partial charge < -0.3 is 18.9 Å². The van der Waals surface area contributed by atoms with E-state index in [4.69, 9.17) is 18.9 Å². The molecule has 162 valence electrons. The molecule has 0 bridgehead atoms. The second-order valence-corrected chi connectivity index (χ2v) is 8.82. The van der Waals surface area contributed by atoms with Crippen molar-refractivity contribution in [3.05, 3.63) is 59.7 Å². The molecule has 2 aliphatic heterocycles. The molecular formula is C26H34O4. The molecule has 2 aliphatic rings. The lowest BCUT2D eigenvalue weighted by atomic mass is 9.68. The van der Waals surface area contributed by atoms with Crippen LogP contribution in [0.1, 0.15) is 50.0 Å². The van der Waals surface area contributed by atoms with Crippen molar-refractivity contribution >= 4 is 0 Å². The Balaban J connectivity index is 1.92. The molecule has 2 aromatic rings. The summed E-state index contributed by atoms with van der Waals surface area (Å²) in [5, 5.41) is 0. The van der Waals surface area contributed by atoms with Crippen LogP contribution in [0.3, 0.4) is 0 Å². The van der Waals surface area contributed by atoms with Gasteiger partial charge in [-0.05, 0) is 35.1 Å². The van der Waals surface area contributed by atoms with Crippen molar-refractivity contribution in [1.29, 1.82) is 0 Å². The Labute approximate surface area is 180 Å². The predicted octanol–water partition coefficient (Wildman–Crippen LogP) is 5.58. The van der Waals surface area contributed by atoms with E-state index in [0.29, 0.717) is 0 Å². The number of methoxy groups -OCH3 is 2. The predicted molar refractivity (Wildman–Crippen MR) is 118 cm³/mol. The van der Waals surface area contributed by atoms with Gasteiger partial charge in [0, 0.05) is 25.0 Å². The number of rotatable bonds is 9. The fraction of sp³-hybridized carbons (Fsp3) is 0.538. The number of hydrogen-bond acceptors (Lipinski definition) is 4. The lowest BCUT2D eigenvalue weighted by Crippen LogP contribution is -2.49. The first kappa shape index (κ1) is 21.5. The molecule has 0 amide bonds. The van der Waals surface area contributed by atoms with Gasteiger partial charge in [0.2, 0.25) is 0 Å². The van der Waals surface area contributed by atoms with Crippen molar-refractivity contribution < 1.29 is 18.9 Å². The second kappa shape index (κ2) is 8.80. The standard InChI is InChI=1S/C26H34O4/c1-5-25(15-29-16-25)23(27-3)21-14-10-13-20(19-11-8-7-9-12-19)22(21)24(28-4)26(6-2)17-30-18-26/h7-14,23-24H,5-6,15-18H2,1-4H3. The summed E-state index contributed by atoms with van der Waals surface area (Å²) in [5.74, 6) is 0. The van der Waals surface area contributed by atoms with Crippen molar-refractivity contribution in [2.24, 2.45) is 10.8 Å². The first-order valence-corrected chi connectivity index (χ1v) is 11.0. The number of ether oxygens (including phenoxy) is 4. The van der Waals surface area contributed by atoms with Gasteiger partial charge in [-0.1, -0.05) is 62.4 Å². The Morgan fingerprint density at radius 2 is 1.33 bits per heavy atom. The van der Waals surface area contributed by atoms with Crippen molar-refractivity contribution in [2.45, 2.75) is 38.9 Å². The van der Waals surface area contributed by atoms with E-state index in [0.717, 1.165) is 39.3 Å². The maximum Gasteiger partial charge on any atom is 0.0931 e. The highest BCUT2D eigenvalue weighted by Gasteiger charge is 2.50. The zero-order chi connectivity index (χ0) is 21.2. The molecule has 2 unspecified atom stereocenters. The first-order chi connectivity index (χ1) is 14.6. The minimum Gasteiger partial charge on any atom is -0.380 e. The third kappa shape index (κ3) is 3.40. The molecule has 2 heterocycles. The van der Waals surface area contributed by atoms with E-state index in [9.17, 15) is 0 Å². The summed E-state index contributed by atoms with van der Waals surface area (Å²) in [7, 11) is 3.65. The second-order valence-electron chi connectivity index (χ2n) is 8.82. The van der Waals surface area contributed by atoms with Crippen LogP contribution in [0.5, 0.6) is 0 Å². The monoisotopic (exact) mass is 410 g/mol. The lowest BCUT2D eigenvalue weighted by molar-refractivity contribution is -0.192. The Morgan fingerprint density at radius 3 is 1.80 bits per heavy atom. The summed E-state index contributed by atoms with van der Waals surface area (Å²) in [6, 6.07) is 17.2. The van der Waals surface area contributed by atoms with Crippen molar-refractivity contribution in [1.82, 2.24) is 0 Å². The molecule has 0 aliphatic carbocycles. The maximum atomic E-state index is 6.26. The van der Waals surface area contributed by atoms with E-state index in [2.05, 4.69) is 62.4 Å². The Kier molecular flexibility index (Phi) is 6.31. The van der Waals surface area contributed by atoms with Crippen LogP contribution in [0.15, 0.2) is 48.5 Å². The van der Waals surface area contributed by atoms with Crippen molar-refractivity contribution in [3.8, 4) is 11.1 Å². The van der Waals surface area contributed by atoms with Gasteiger partial charge in [0.25, 0.3) is 0 Å². The van der Waals surface area contributed by atoms with E-state index in [1.165, 1.54) is 22.3 Å². The highest BCUT2D eigenvalue weighted by Crippen LogP contribution is 2.53. The van der Waals surface area contributed by atoms with E-state index >= 15 is 0 Å². The zero-order valence-electron chi connectivity index (χ0n) is 18.6. The molecular weight excluding hydrogens is 376 g/mol. The van der Waals surface area contributed by atoms with E-state index in [1.54, 1.807) is 0 Å². The SMILES string of the molecule is CCC1(C(OC)c2cccc(-c3ccccc3)c2C(OC)C2(CC)COC2)COC1. The lowest BCUT2D eigenvalue weighted by Gasteiger charge is -2.49. The molecule has 0 radical (unpaired) electrons. The van der Waals surface area contributed by atoms with Crippen molar-refractivity contribution in [3.63, 3.8) is 0 Å². The summed E-state index contributed by atoms with van der Waals surface area (Å²) < 4.78 is 23.8. The fourth-order valence-electron chi connectivity index (χ4n) is 5.16. The van der Waals surface area contributed by atoms with Gasteiger partial charge in [-0.2, -0.15) is 0 Å². The third-order valence-electron chi connectivity index (χ3n) is 7.32. The summed E-state index contributed by atoms with van der Waals surface area (Å²) in [6.45, 7) is 7.39. The molecule has 2 aromatic carbocycles. The van der Waals surface area contributed by atoms with Crippen LogP contribution in [0.2, 0.25) is 0 Å². The topological polar surface area (TPSA) is 36.9 Å². The quantitative estimate of drug-likeness (QED) is 0.541. The molecule has 2 atom stereocenters. The summed E-state index contributed by atoms with van der Waals surface area (Å²) in [6.07, 6.45) is 1.92. The van der Waals surface area contributed by atoms with Gasteiger partial charge >= 0.3 is 0 Å². The number of benzene rings is 2. The zero-order valence-corrected chi connectivity index (χ0v) is 18.6. The Bertz CT molecular complexity index is 828. The average molecular weight is 411 g/mol. The minimum absolute atomic E-state index is 0.00654. The van der Waals surface area contributed by atoms with Crippen LogP contribution < -0.4 is 0 Å². The van der Waals surface area contributed by atoms with Crippen LogP contribution in [-0.4, -0.2) is 40.6 Å². The smallest absolute Gasteiger partial charge is 0.0931 e. The minimum atomic E-state index is -0.0600. The van der Waals surface area contributed by atoms with Crippen LogP contribution >= 0.6 is 0 Å². The largest absolute Gasteiger partial charge is 0.380 e. The average Bonchev–Trinajstić information content (AvgIpc) is 2.73. The normalized spacial score (nSPS) is 21.3. The highest BCUT2D eigenvalue weighted by molar-refractivity contribution is 5.70. The molecule has 0 spiro atoms. The molecule has 0 saturated carbocycles. The molecule has 30 heavy (non-hydrogen) atoms. The highest BCUT2D eigenvalue weighted by atomic mass is 16.5.